The Labute approximate surface area is 127 Å². The Hall–Kier alpha value is -1.84. The van der Waals surface area contributed by atoms with Gasteiger partial charge in [-0.3, -0.25) is 9.59 Å². The van der Waals surface area contributed by atoms with Crippen LogP contribution in [-0.2, 0) is 9.59 Å². The Balaban J connectivity index is 2.74. The van der Waals surface area contributed by atoms with Gasteiger partial charge in [0.05, 0.1) is 0 Å². The number of aryl methyl sites for hydroxylation is 2. The Morgan fingerprint density at radius 3 is 2.14 bits per heavy atom. The molecule has 4 nitrogen and oxygen atoms in total. The van der Waals surface area contributed by atoms with E-state index in [1.807, 2.05) is 32.0 Å². The fourth-order valence-electron chi connectivity index (χ4n) is 2.04. The third-order valence-corrected chi connectivity index (χ3v) is 3.43. The van der Waals surface area contributed by atoms with E-state index < -0.39 is 5.41 Å². The molecular formula is C17H26N2O2. The smallest absolute Gasteiger partial charge is 0.239 e. The van der Waals surface area contributed by atoms with Gasteiger partial charge in [-0.25, -0.2) is 0 Å². The molecule has 0 aliphatic rings. The van der Waals surface area contributed by atoms with E-state index in [0.29, 0.717) is 6.54 Å². The van der Waals surface area contributed by atoms with Crippen molar-refractivity contribution < 1.29 is 9.59 Å². The molecule has 0 aliphatic heterocycles. The van der Waals surface area contributed by atoms with E-state index in [-0.39, 0.29) is 11.8 Å². The maximum Gasteiger partial charge on any atom is 0.239 e. The summed E-state index contributed by atoms with van der Waals surface area (Å²) in [6, 6.07) is 5.84. The van der Waals surface area contributed by atoms with Crippen molar-refractivity contribution in [3.05, 3.63) is 29.3 Å². The van der Waals surface area contributed by atoms with Gasteiger partial charge < -0.3 is 10.6 Å². The lowest BCUT2D eigenvalue weighted by molar-refractivity contribution is -0.138. The molecule has 0 spiro atoms. The molecule has 0 aromatic heterocycles. The number of rotatable bonds is 6. The number of unbranched alkanes of at least 4 members (excludes halogenated alkanes) is 1. The van der Waals surface area contributed by atoms with E-state index in [1.165, 1.54) is 0 Å². The van der Waals surface area contributed by atoms with Crippen LogP contribution in [0.15, 0.2) is 18.2 Å². The molecule has 2 N–H and O–H groups in total. The van der Waals surface area contributed by atoms with Gasteiger partial charge >= 0.3 is 0 Å². The summed E-state index contributed by atoms with van der Waals surface area (Å²) >= 11 is 0. The molecule has 0 heterocycles. The predicted molar refractivity (Wildman–Crippen MR) is 86.2 cm³/mol. The van der Waals surface area contributed by atoms with Gasteiger partial charge in [0.1, 0.15) is 5.41 Å². The third-order valence-electron chi connectivity index (χ3n) is 3.43. The lowest BCUT2D eigenvalue weighted by Gasteiger charge is -2.23. The zero-order chi connectivity index (χ0) is 16.0. The Bertz CT molecular complexity index is 501. The van der Waals surface area contributed by atoms with Crippen LogP contribution in [0.4, 0.5) is 5.69 Å². The van der Waals surface area contributed by atoms with E-state index in [2.05, 4.69) is 17.6 Å². The lowest BCUT2D eigenvalue weighted by Crippen LogP contribution is -2.45. The van der Waals surface area contributed by atoms with E-state index in [1.54, 1.807) is 13.8 Å². The van der Waals surface area contributed by atoms with E-state index in [4.69, 9.17) is 0 Å². The summed E-state index contributed by atoms with van der Waals surface area (Å²) in [5.74, 6) is -0.528. The highest BCUT2D eigenvalue weighted by atomic mass is 16.2. The summed E-state index contributed by atoms with van der Waals surface area (Å²) in [6.07, 6.45) is 1.93. The molecule has 1 rings (SSSR count). The summed E-state index contributed by atoms with van der Waals surface area (Å²) < 4.78 is 0. The molecule has 4 heteroatoms. The first-order chi connectivity index (χ1) is 9.77. The molecule has 1 aromatic carbocycles. The minimum absolute atomic E-state index is 0.238. The Morgan fingerprint density at radius 2 is 1.62 bits per heavy atom. The number of carbonyl (C=O) groups is 2. The SMILES string of the molecule is CCCCNC(=O)C(C)(C)C(=O)Nc1cc(C)cc(C)c1. The van der Waals surface area contributed by atoms with Crippen molar-refractivity contribution in [3.8, 4) is 0 Å². The van der Waals surface area contributed by atoms with Crippen molar-refractivity contribution in [1.82, 2.24) is 5.32 Å². The van der Waals surface area contributed by atoms with Gasteiger partial charge in [0.2, 0.25) is 11.8 Å². The average Bonchev–Trinajstić information content (AvgIpc) is 2.37. The molecule has 0 saturated carbocycles. The fourth-order valence-corrected chi connectivity index (χ4v) is 2.04. The van der Waals surface area contributed by atoms with E-state index >= 15 is 0 Å². The number of hydrogen-bond acceptors (Lipinski definition) is 2. The van der Waals surface area contributed by atoms with Crippen molar-refractivity contribution in [2.24, 2.45) is 5.41 Å². The molecule has 0 unspecified atom stereocenters. The van der Waals surface area contributed by atoms with Crippen LogP contribution in [0.25, 0.3) is 0 Å². The summed E-state index contributed by atoms with van der Waals surface area (Å²) in [5, 5.41) is 5.65. The highest BCUT2D eigenvalue weighted by Gasteiger charge is 2.35. The highest BCUT2D eigenvalue weighted by molar-refractivity contribution is 6.09. The van der Waals surface area contributed by atoms with E-state index in [9.17, 15) is 9.59 Å². The predicted octanol–water partition coefficient (Wildman–Crippen LogP) is 3.18. The lowest BCUT2D eigenvalue weighted by atomic mass is 9.90. The fraction of sp³-hybridized carbons (Fsp3) is 0.529. The maximum absolute atomic E-state index is 12.4. The number of nitrogens with one attached hydrogen (secondary N) is 2. The molecule has 0 radical (unpaired) electrons. The minimum atomic E-state index is -1.09. The normalized spacial score (nSPS) is 11.1. The average molecular weight is 290 g/mol. The van der Waals surface area contributed by atoms with Gasteiger partial charge in [0.25, 0.3) is 0 Å². The van der Waals surface area contributed by atoms with Crippen LogP contribution in [0.5, 0.6) is 0 Å². The van der Waals surface area contributed by atoms with Gasteiger partial charge in [-0.1, -0.05) is 19.4 Å². The monoisotopic (exact) mass is 290 g/mol. The molecule has 0 saturated heterocycles. The van der Waals surface area contributed by atoms with Crippen LogP contribution in [0, 0.1) is 19.3 Å². The summed E-state index contributed by atoms with van der Waals surface area (Å²) in [6.45, 7) is 9.91. The standard InChI is InChI=1S/C17H26N2O2/c1-6-7-8-18-15(20)17(4,5)16(21)19-14-10-12(2)9-13(3)11-14/h9-11H,6-8H2,1-5H3,(H,18,20)(H,19,21). The molecular weight excluding hydrogens is 264 g/mol. The zero-order valence-corrected chi connectivity index (χ0v) is 13.7. The number of carbonyl (C=O) groups excluding carboxylic acids is 2. The minimum Gasteiger partial charge on any atom is -0.355 e. The molecule has 0 aliphatic carbocycles. The number of hydrogen-bond donors (Lipinski definition) is 2. The van der Waals surface area contributed by atoms with Crippen LogP contribution in [0.3, 0.4) is 0 Å². The first-order valence-electron chi connectivity index (χ1n) is 7.45. The second-order valence-electron chi connectivity index (χ2n) is 6.06. The number of benzene rings is 1. The van der Waals surface area contributed by atoms with Crippen LogP contribution in [0.1, 0.15) is 44.7 Å². The molecule has 0 atom stereocenters. The molecule has 116 valence electrons. The summed E-state index contributed by atoms with van der Waals surface area (Å²) in [7, 11) is 0. The highest BCUT2D eigenvalue weighted by Crippen LogP contribution is 2.20. The van der Waals surface area contributed by atoms with E-state index in [0.717, 1.165) is 29.7 Å². The van der Waals surface area contributed by atoms with Crippen molar-refractivity contribution in [1.29, 1.82) is 0 Å². The Kier molecular flexibility index (Phi) is 5.94. The van der Waals surface area contributed by atoms with Crippen molar-refractivity contribution in [2.45, 2.75) is 47.5 Å². The first-order valence-corrected chi connectivity index (χ1v) is 7.45. The van der Waals surface area contributed by atoms with Crippen LogP contribution >= 0.6 is 0 Å². The van der Waals surface area contributed by atoms with Crippen LogP contribution in [-0.4, -0.2) is 18.4 Å². The molecule has 21 heavy (non-hydrogen) atoms. The second-order valence-corrected chi connectivity index (χ2v) is 6.06. The van der Waals surface area contributed by atoms with Gasteiger partial charge in [0.15, 0.2) is 0 Å². The quantitative estimate of drug-likeness (QED) is 0.624. The first kappa shape index (κ1) is 17.2. The van der Waals surface area contributed by atoms with Gasteiger partial charge in [-0.2, -0.15) is 0 Å². The second kappa shape index (κ2) is 7.25. The Morgan fingerprint density at radius 1 is 1.05 bits per heavy atom. The zero-order valence-electron chi connectivity index (χ0n) is 13.7. The van der Waals surface area contributed by atoms with Gasteiger partial charge in [0, 0.05) is 12.2 Å². The third kappa shape index (κ3) is 4.88. The molecule has 2 amide bonds. The van der Waals surface area contributed by atoms with Crippen LogP contribution < -0.4 is 10.6 Å². The molecule has 0 fully saturated rings. The molecule has 0 bridgehead atoms. The molecule has 1 aromatic rings. The van der Waals surface area contributed by atoms with Gasteiger partial charge in [-0.15, -0.1) is 0 Å². The van der Waals surface area contributed by atoms with Crippen LogP contribution in [0.2, 0.25) is 0 Å². The number of amides is 2. The van der Waals surface area contributed by atoms with Gasteiger partial charge in [-0.05, 0) is 57.4 Å². The van der Waals surface area contributed by atoms with Crippen molar-refractivity contribution in [2.75, 3.05) is 11.9 Å². The largest absolute Gasteiger partial charge is 0.355 e. The maximum atomic E-state index is 12.4. The number of anilines is 1. The summed E-state index contributed by atoms with van der Waals surface area (Å²) in [5.41, 5.74) is 1.80. The summed E-state index contributed by atoms with van der Waals surface area (Å²) in [4.78, 5) is 24.5. The van der Waals surface area contributed by atoms with Crippen molar-refractivity contribution in [3.63, 3.8) is 0 Å². The van der Waals surface area contributed by atoms with Crippen molar-refractivity contribution >= 4 is 17.5 Å². The topological polar surface area (TPSA) is 58.2 Å².